The maximum atomic E-state index is 12.2. The van der Waals surface area contributed by atoms with Crippen molar-refractivity contribution in [3.05, 3.63) is 30.3 Å². The summed E-state index contributed by atoms with van der Waals surface area (Å²) < 4.78 is 24.4. The molecular weight excluding hydrogens is 234 g/mol. The van der Waals surface area contributed by atoms with Crippen molar-refractivity contribution >= 4 is 9.84 Å². The van der Waals surface area contributed by atoms with E-state index in [2.05, 4.69) is 4.90 Å². The van der Waals surface area contributed by atoms with E-state index in [1.54, 1.807) is 24.3 Å². The van der Waals surface area contributed by atoms with Crippen LogP contribution >= 0.6 is 0 Å². The molecule has 1 heterocycles. The van der Waals surface area contributed by atoms with Crippen molar-refractivity contribution in [1.82, 2.24) is 4.90 Å². The second-order valence-electron chi connectivity index (χ2n) is 4.72. The topological polar surface area (TPSA) is 37.4 Å². The van der Waals surface area contributed by atoms with Crippen LogP contribution in [0.1, 0.15) is 19.3 Å². The molecule has 1 aromatic rings. The first-order valence-corrected chi connectivity index (χ1v) is 7.73. The van der Waals surface area contributed by atoms with E-state index in [0.717, 1.165) is 19.4 Å². The van der Waals surface area contributed by atoms with Crippen molar-refractivity contribution in [3.63, 3.8) is 0 Å². The summed E-state index contributed by atoms with van der Waals surface area (Å²) in [6.07, 6.45) is 3.31. The number of piperidine rings is 1. The Morgan fingerprint density at radius 1 is 1.24 bits per heavy atom. The lowest BCUT2D eigenvalue weighted by Crippen LogP contribution is -2.40. The van der Waals surface area contributed by atoms with Crippen LogP contribution in [0.2, 0.25) is 0 Å². The fraction of sp³-hybridized carbons (Fsp3) is 0.538. The number of hydrogen-bond donors (Lipinski definition) is 0. The molecule has 0 bridgehead atoms. The molecule has 0 radical (unpaired) electrons. The lowest BCUT2D eigenvalue weighted by molar-refractivity contribution is 0.202. The molecule has 0 aliphatic carbocycles. The Balaban J connectivity index is 2.12. The molecule has 2 rings (SSSR count). The molecule has 1 unspecified atom stereocenters. The third-order valence-electron chi connectivity index (χ3n) is 3.44. The first-order chi connectivity index (χ1) is 8.09. The van der Waals surface area contributed by atoms with Gasteiger partial charge in [0.2, 0.25) is 0 Å². The molecule has 0 aromatic heterocycles. The van der Waals surface area contributed by atoms with Gasteiger partial charge in [0.1, 0.15) is 0 Å². The van der Waals surface area contributed by atoms with Crippen molar-refractivity contribution in [2.24, 2.45) is 0 Å². The predicted octanol–water partition coefficient (Wildman–Crippen LogP) is 1.94. The van der Waals surface area contributed by atoms with E-state index in [1.165, 1.54) is 6.42 Å². The average Bonchev–Trinajstić information content (AvgIpc) is 2.33. The summed E-state index contributed by atoms with van der Waals surface area (Å²) in [7, 11) is -1.12. The highest BCUT2D eigenvalue weighted by Gasteiger charge is 2.25. The zero-order chi connectivity index (χ0) is 12.3. The summed E-state index contributed by atoms with van der Waals surface area (Å²) in [4.78, 5) is 2.61. The van der Waals surface area contributed by atoms with Crippen LogP contribution in [0.5, 0.6) is 0 Å². The van der Waals surface area contributed by atoms with E-state index in [9.17, 15) is 8.42 Å². The van der Waals surface area contributed by atoms with Gasteiger partial charge in [-0.1, -0.05) is 24.6 Å². The highest BCUT2D eigenvalue weighted by Crippen LogP contribution is 2.20. The Bertz CT molecular complexity index is 456. The SMILES string of the molecule is CN1CCCCC1CS(=O)(=O)c1ccccc1. The van der Waals surface area contributed by atoms with Gasteiger partial charge in [-0.3, -0.25) is 0 Å². The van der Waals surface area contributed by atoms with Crippen LogP contribution in [0.4, 0.5) is 0 Å². The molecule has 0 spiro atoms. The maximum Gasteiger partial charge on any atom is 0.179 e. The number of sulfone groups is 1. The minimum absolute atomic E-state index is 0.175. The average molecular weight is 253 g/mol. The van der Waals surface area contributed by atoms with E-state index >= 15 is 0 Å². The third-order valence-corrected chi connectivity index (χ3v) is 5.25. The van der Waals surface area contributed by atoms with Crippen molar-refractivity contribution in [1.29, 1.82) is 0 Å². The predicted molar refractivity (Wildman–Crippen MR) is 68.8 cm³/mol. The van der Waals surface area contributed by atoms with Crippen molar-refractivity contribution in [3.8, 4) is 0 Å². The number of likely N-dealkylation sites (tertiary alicyclic amines) is 1. The molecule has 4 heteroatoms. The van der Waals surface area contributed by atoms with Gasteiger partial charge in [0.15, 0.2) is 9.84 Å². The standard InChI is InChI=1S/C13H19NO2S/c1-14-10-6-5-7-12(14)11-17(15,16)13-8-3-2-4-9-13/h2-4,8-9,12H,5-7,10-11H2,1H3. The van der Waals surface area contributed by atoms with Crippen LogP contribution in [0.3, 0.4) is 0 Å². The summed E-state index contributed by atoms with van der Waals surface area (Å²) in [6, 6.07) is 8.92. The molecular formula is C13H19NO2S. The maximum absolute atomic E-state index is 12.2. The molecule has 17 heavy (non-hydrogen) atoms. The molecule has 1 aliphatic rings. The molecule has 1 atom stereocenters. The van der Waals surface area contributed by atoms with Gasteiger partial charge in [0.05, 0.1) is 10.6 Å². The molecule has 1 aromatic carbocycles. The Morgan fingerprint density at radius 3 is 2.59 bits per heavy atom. The summed E-state index contributed by atoms with van der Waals surface area (Å²) in [5.74, 6) is 0.244. The molecule has 0 amide bonds. The summed E-state index contributed by atoms with van der Waals surface area (Å²) >= 11 is 0. The van der Waals surface area contributed by atoms with Gasteiger partial charge in [0.25, 0.3) is 0 Å². The molecule has 94 valence electrons. The summed E-state index contributed by atoms with van der Waals surface area (Å²) in [5.41, 5.74) is 0. The van der Waals surface area contributed by atoms with Gasteiger partial charge < -0.3 is 4.90 Å². The van der Waals surface area contributed by atoms with Crippen LogP contribution in [0, 0.1) is 0 Å². The second kappa shape index (κ2) is 5.19. The van der Waals surface area contributed by atoms with E-state index in [0.29, 0.717) is 4.90 Å². The smallest absolute Gasteiger partial charge is 0.179 e. The largest absolute Gasteiger partial charge is 0.302 e. The Morgan fingerprint density at radius 2 is 1.94 bits per heavy atom. The Hall–Kier alpha value is -0.870. The monoisotopic (exact) mass is 253 g/mol. The number of benzene rings is 1. The van der Waals surface area contributed by atoms with Gasteiger partial charge in [-0.2, -0.15) is 0 Å². The van der Waals surface area contributed by atoms with E-state index in [4.69, 9.17) is 0 Å². The summed E-state index contributed by atoms with van der Waals surface area (Å²) in [6.45, 7) is 1.01. The number of nitrogens with zero attached hydrogens (tertiary/aromatic N) is 1. The van der Waals surface area contributed by atoms with Crippen molar-refractivity contribution < 1.29 is 8.42 Å². The second-order valence-corrected chi connectivity index (χ2v) is 6.76. The van der Waals surface area contributed by atoms with Crippen molar-refractivity contribution in [2.45, 2.75) is 30.2 Å². The molecule has 0 saturated carbocycles. The highest BCUT2D eigenvalue weighted by molar-refractivity contribution is 7.91. The van der Waals surface area contributed by atoms with Gasteiger partial charge >= 0.3 is 0 Å². The van der Waals surface area contributed by atoms with Crippen molar-refractivity contribution in [2.75, 3.05) is 19.3 Å². The van der Waals surface area contributed by atoms with Crippen LogP contribution in [-0.4, -0.2) is 38.7 Å². The van der Waals surface area contributed by atoms with Gasteiger partial charge in [0, 0.05) is 6.04 Å². The van der Waals surface area contributed by atoms with Crippen LogP contribution < -0.4 is 0 Å². The van der Waals surface area contributed by atoms with Crippen LogP contribution in [0.15, 0.2) is 35.2 Å². The molecule has 1 fully saturated rings. The molecule has 1 saturated heterocycles. The van der Waals surface area contributed by atoms with Gasteiger partial charge in [-0.15, -0.1) is 0 Å². The van der Waals surface area contributed by atoms with E-state index in [-0.39, 0.29) is 11.8 Å². The first-order valence-electron chi connectivity index (χ1n) is 6.07. The Kier molecular flexibility index (Phi) is 3.84. The number of rotatable bonds is 3. The van der Waals surface area contributed by atoms with Crippen LogP contribution in [0.25, 0.3) is 0 Å². The fourth-order valence-corrected chi connectivity index (χ4v) is 4.02. The third kappa shape index (κ3) is 3.07. The quantitative estimate of drug-likeness (QED) is 0.826. The normalized spacial score (nSPS) is 22.5. The Labute approximate surface area is 103 Å². The van der Waals surface area contributed by atoms with Crippen LogP contribution in [-0.2, 0) is 9.84 Å². The number of hydrogen-bond acceptors (Lipinski definition) is 3. The highest BCUT2D eigenvalue weighted by atomic mass is 32.2. The lowest BCUT2D eigenvalue weighted by Gasteiger charge is -2.32. The molecule has 1 aliphatic heterocycles. The zero-order valence-electron chi connectivity index (χ0n) is 10.2. The van der Waals surface area contributed by atoms with E-state index in [1.807, 2.05) is 13.1 Å². The lowest BCUT2D eigenvalue weighted by atomic mass is 10.1. The van der Waals surface area contributed by atoms with Gasteiger partial charge in [-0.25, -0.2) is 8.42 Å². The minimum atomic E-state index is -3.13. The molecule has 0 N–H and O–H groups in total. The fourth-order valence-electron chi connectivity index (χ4n) is 2.33. The zero-order valence-corrected chi connectivity index (χ0v) is 11.0. The summed E-state index contributed by atoms with van der Waals surface area (Å²) in [5, 5.41) is 0. The van der Waals surface area contributed by atoms with E-state index < -0.39 is 9.84 Å². The first kappa shape index (κ1) is 12.6. The minimum Gasteiger partial charge on any atom is -0.302 e. The molecule has 3 nitrogen and oxygen atoms in total. The van der Waals surface area contributed by atoms with Gasteiger partial charge in [-0.05, 0) is 38.6 Å².